The molecule has 30 heavy (non-hydrogen) atoms. The van der Waals surface area contributed by atoms with E-state index in [1.807, 2.05) is 29.6 Å². The van der Waals surface area contributed by atoms with Gasteiger partial charge in [0, 0.05) is 20.8 Å². The Balaban J connectivity index is 1.53. The van der Waals surface area contributed by atoms with E-state index in [1.54, 1.807) is 17.4 Å². The van der Waals surface area contributed by atoms with Gasteiger partial charge in [-0.05, 0) is 49.5 Å². The van der Waals surface area contributed by atoms with Gasteiger partial charge in [-0.15, -0.1) is 22.7 Å². The van der Waals surface area contributed by atoms with Crippen LogP contribution in [0.15, 0.2) is 34.4 Å². The summed E-state index contributed by atoms with van der Waals surface area (Å²) in [5.74, 6) is 0.287. The van der Waals surface area contributed by atoms with Crippen LogP contribution in [0.3, 0.4) is 0 Å². The minimum atomic E-state index is -0.171. The van der Waals surface area contributed by atoms with E-state index in [0.717, 1.165) is 41.8 Å². The first-order valence-corrected chi connectivity index (χ1v) is 11.6. The molecule has 3 heterocycles. The number of nitriles is 1. The summed E-state index contributed by atoms with van der Waals surface area (Å²) in [6, 6.07) is 9.61. The summed E-state index contributed by atoms with van der Waals surface area (Å²) in [5, 5.41) is 13.8. The third kappa shape index (κ3) is 3.47. The lowest BCUT2D eigenvalue weighted by molar-refractivity contribution is 0.700. The van der Waals surface area contributed by atoms with Crippen LogP contribution in [0.25, 0.3) is 32.4 Å². The van der Waals surface area contributed by atoms with Gasteiger partial charge in [0.1, 0.15) is 15.9 Å². The molecule has 1 N–H and O–H groups in total. The predicted octanol–water partition coefficient (Wildman–Crippen LogP) is 5.70. The van der Waals surface area contributed by atoms with E-state index in [2.05, 4.69) is 21.0 Å². The minimum absolute atomic E-state index is 0.171. The van der Waals surface area contributed by atoms with E-state index in [0.29, 0.717) is 20.9 Å². The number of hydrogen-bond donors (Lipinski definition) is 1. The molecule has 0 fully saturated rings. The van der Waals surface area contributed by atoms with Gasteiger partial charge in [-0.2, -0.15) is 5.26 Å². The topological polar surface area (TPSA) is 82.4 Å². The zero-order valence-electron chi connectivity index (χ0n) is 15.7. The minimum Gasteiger partial charge on any atom is -0.305 e. The van der Waals surface area contributed by atoms with E-state index in [-0.39, 0.29) is 17.0 Å². The first-order chi connectivity index (χ1) is 14.6. The lowest BCUT2D eigenvalue weighted by Crippen LogP contribution is -2.12. The van der Waals surface area contributed by atoms with Crippen molar-refractivity contribution in [2.24, 2.45) is 0 Å². The molecule has 1 aliphatic rings. The van der Waals surface area contributed by atoms with E-state index in [1.165, 1.54) is 16.2 Å². The fraction of sp³-hybridized carbons (Fsp3) is 0.182. The molecule has 5 rings (SSSR count). The maximum absolute atomic E-state index is 12.8. The molecule has 0 radical (unpaired) electrons. The molecule has 8 heteroatoms. The molecule has 0 aliphatic heterocycles. The van der Waals surface area contributed by atoms with Crippen LogP contribution in [-0.2, 0) is 12.8 Å². The third-order valence-corrected chi connectivity index (χ3v) is 7.45. The number of nitrogens with one attached hydrogen (secondary N) is 1. The highest BCUT2D eigenvalue weighted by Crippen LogP contribution is 2.34. The van der Waals surface area contributed by atoms with Gasteiger partial charge in [-0.25, -0.2) is 9.97 Å². The van der Waals surface area contributed by atoms with Crippen LogP contribution >= 0.6 is 34.3 Å². The van der Waals surface area contributed by atoms with Crippen molar-refractivity contribution in [3.05, 3.63) is 67.0 Å². The molecule has 3 aromatic heterocycles. The Morgan fingerprint density at radius 3 is 2.80 bits per heavy atom. The molecular formula is C22H15ClN4OS2. The van der Waals surface area contributed by atoms with Crippen LogP contribution in [-0.4, -0.2) is 15.0 Å². The Morgan fingerprint density at radius 1 is 1.20 bits per heavy atom. The Kier molecular flexibility index (Phi) is 4.99. The maximum atomic E-state index is 12.8. The van der Waals surface area contributed by atoms with Crippen LogP contribution in [0.4, 0.5) is 0 Å². The molecular weight excluding hydrogens is 436 g/mol. The van der Waals surface area contributed by atoms with Crippen molar-refractivity contribution in [1.82, 2.24) is 15.0 Å². The molecule has 0 saturated heterocycles. The second-order valence-electron chi connectivity index (χ2n) is 7.06. The van der Waals surface area contributed by atoms with E-state index in [4.69, 9.17) is 11.6 Å². The molecule has 5 nitrogen and oxygen atoms in total. The third-order valence-electron chi connectivity index (χ3n) is 5.11. The summed E-state index contributed by atoms with van der Waals surface area (Å²) in [7, 11) is 0. The zero-order chi connectivity index (χ0) is 20.7. The smallest absolute Gasteiger partial charge is 0.260 e. The normalized spacial score (nSPS) is 13.9. The average molecular weight is 451 g/mol. The Labute approximate surface area is 185 Å². The average Bonchev–Trinajstić information content (AvgIpc) is 3.37. The molecule has 0 bridgehead atoms. The van der Waals surface area contributed by atoms with E-state index in [9.17, 15) is 10.1 Å². The highest BCUT2D eigenvalue weighted by Gasteiger charge is 2.20. The van der Waals surface area contributed by atoms with Crippen molar-refractivity contribution < 1.29 is 0 Å². The summed E-state index contributed by atoms with van der Waals surface area (Å²) in [5.41, 5.74) is 2.86. The van der Waals surface area contributed by atoms with Gasteiger partial charge < -0.3 is 4.98 Å². The Hall–Kier alpha value is -2.79. The summed E-state index contributed by atoms with van der Waals surface area (Å²) in [6.07, 6.45) is 5.83. The van der Waals surface area contributed by atoms with Crippen molar-refractivity contribution in [3.8, 4) is 16.6 Å². The number of fused-ring (bicyclic) bond motifs is 3. The second kappa shape index (κ2) is 7.80. The van der Waals surface area contributed by atoms with Crippen molar-refractivity contribution in [2.75, 3.05) is 0 Å². The number of aromatic amines is 1. The van der Waals surface area contributed by atoms with Gasteiger partial charge in [-0.1, -0.05) is 23.7 Å². The molecule has 4 aromatic rings. The maximum Gasteiger partial charge on any atom is 0.260 e. The number of benzene rings is 1. The number of hydrogen-bond acceptors (Lipinski definition) is 6. The van der Waals surface area contributed by atoms with Crippen molar-refractivity contribution in [2.45, 2.75) is 25.7 Å². The molecule has 1 aliphatic carbocycles. The molecule has 148 valence electrons. The number of aromatic nitrogens is 3. The van der Waals surface area contributed by atoms with Gasteiger partial charge in [0.2, 0.25) is 0 Å². The van der Waals surface area contributed by atoms with Crippen LogP contribution in [0, 0.1) is 11.3 Å². The number of aryl methyl sites for hydroxylation is 2. The molecule has 0 spiro atoms. The fourth-order valence-electron chi connectivity index (χ4n) is 3.67. The summed E-state index contributed by atoms with van der Waals surface area (Å²) in [4.78, 5) is 26.8. The summed E-state index contributed by atoms with van der Waals surface area (Å²) < 4.78 is 0. The lowest BCUT2D eigenvalue weighted by atomic mass is 9.97. The van der Waals surface area contributed by atoms with Gasteiger partial charge in [-0.3, -0.25) is 4.79 Å². The van der Waals surface area contributed by atoms with E-state index < -0.39 is 0 Å². The number of thiophene rings is 1. The molecule has 0 atom stereocenters. The van der Waals surface area contributed by atoms with Crippen molar-refractivity contribution >= 4 is 56.1 Å². The zero-order valence-corrected chi connectivity index (χ0v) is 18.1. The SMILES string of the molecule is N#C/C(=C\c1csc(-c2ccc(Cl)cc2)n1)c1nc2sc3c(c2c(=O)[nH]1)CCCC3. The largest absolute Gasteiger partial charge is 0.305 e. The molecule has 0 amide bonds. The monoisotopic (exact) mass is 450 g/mol. The highest BCUT2D eigenvalue weighted by molar-refractivity contribution is 7.18. The standard InChI is InChI=1S/C22H15ClN4OS2/c23-14-7-5-12(6-8-14)21-25-15(11-29-21)9-13(10-24)19-26-20(28)18-16-3-1-2-4-17(16)30-22(18)27-19/h5-9,11H,1-4H2,(H,26,27,28)/b13-9+. The number of halogens is 1. The van der Waals surface area contributed by atoms with Crippen LogP contribution in [0.2, 0.25) is 5.02 Å². The van der Waals surface area contributed by atoms with Gasteiger partial charge in [0.05, 0.1) is 16.7 Å². The van der Waals surface area contributed by atoms with Crippen LogP contribution in [0.5, 0.6) is 0 Å². The van der Waals surface area contributed by atoms with Crippen molar-refractivity contribution in [1.29, 1.82) is 5.26 Å². The summed E-state index contributed by atoms with van der Waals surface area (Å²) in [6.45, 7) is 0. The van der Waals surface area contributed by atoms with E-state index >= 15 is 0 Å². The Bertz CT molecular complexity index is 1390. The first kappa shape index (κ1) is 19.2. The lowest BCUT2D eigenvalue weighted by Gasteiger charge is -2.09. The number of H-pyrrole nitrogens is 1. The van der Waals surface area contributed by atoms with Gasteiger partial charge >= 0.3 is 0 Å². The number of rotatable bonds is 3. The fourth-order valence-corrected chi connectivity index (χ4v) is 5.84. The number of thiazole rings is 1. The van der Waals surface area contributed by atoms with Gasteiger partial charge in [0.15, 0.2) is 5.82 Å². The quantitative estimate of drug-likeness (QED) is 0.405. The summed E-state index contributed by atoms with van der Waals surface area (Å²) >= 11 is 9.00. The number of allylic oxidation sites excluding steroid dienone is 1. The Morgan fingerprint density at radius 2 is 2.00 bits per heavy atom. The number of nitrogens with zero attached hydrogens (tertiary/aromatic N) is 3. The predicted molar refractivity (Wildman–Crippen MR) is 123 cm³/mol. The molecule has 0 unspecified atom stereocenters. The van der Waals surface area contributed by atoms with Crippen LogP contribution < -0.4 is 5.56 Å². The molecule has 0 saturated carbocycles. The van der Waals surface area contributed by atoms with Crippen LogP contribution in [0.1, 0.15) is 34.8 Å². The van der Waals surface area contributed by atoms with Gasteiger partial charge in [0.25, 0.3) is 5.56 Å². The second-order valence-corrected chi connectivity index (χ2v) is 9.44. The molecule has 1 aromatic carbocycles. The first-order valence-electron chi connectivity index (χ1n) is 9.50. The van der Waals surface area contributed by atoms with Crippen molar-refractivity contribution in [3.63, 3.8) is 0 Å². The highest BCUT2D eigenvalue weighted by atomic mass is 35.5.